The van der Waals surface area contributed by atoms with Gasteiger partial charge in [0.1, 0.15) is 0 Å². The maximum atomic E-state index is 2.33. The Balaban J connectivity index is 0.000000396. The van der Waals surface area contributed by atoms with Crippen molar-refractivity contribution in [2.45, 2.75) is 46.0 Å². The first kappa shape index (κ1) is 10.3. The third kappa shape index (κ3) is 1.93. The van der Waals surface area contributed by atoms with Gasteiger partial charge >= 0.3 is 0 Å². The van der Waals surface area contributed by atoms with Crippen LogP contribution in [0.15, 0.2) is 24.3 Å². The monoisotopic (exact) mass is 176 g/mol. The van der Waals surface area contributed by atoms with Crippen LogP contribution in [0.4, 0.5) is 0 Å². The highest BCUT2D eigenvalue weighted by molar-refractivity contribution is 5.37. The number of benzene rings is 1. The maximum absolute atomic E-state index is 2.33. The van der Waals surface area contributed by atoms with Gasteiger partial charge < -0.3 is 0 Å². The molecule has 13 heavy (non-hydrogen) atoms. The molecule has 0 spiro atoms. The van der Waals surface area contributed by atoms with E-state index in [0.29, 0.717) is 5.41 Å². The lowest BCUT2D eigenvalue weighted by molar-refractivity contribution is 0.522. The molecule has 0 heterocycles. The summed E-state index contributed by atoms with van der Waals surface area (Å²) in [6.07, 6.45) is 2.58. The van der Waals surface area contributed by atoms with Gasteiger partial charge in [0.2, 0.25) is 0 Å². The van der Waals surface area contributed by atoms with Gasteiger partial charge in [-0.1, -0.05) is 52.0 Å². The molecule has 0 amide bonds. The number of hydrogen-bond acceptors (Lipinski definition) is 0. The van der Waals surface area contributed by atoms with Gasteiger partial charge in [0, 0.05) is 0 Å². The molecule has 0 fully saturated rings. The predicted octanol–water partition coefficient (Wildman–Crippen LogP) is 3.94. The molecule has 0 aliphatic heterocycles. The molecule has 1 aliphatic carbocycles. The molecule has 1 aromatic carbocycles. The molecular formula is C13H20. The Morgan fingerprint density at radius 3 is 2.31 bits per heavy atom. The van der Waals surface area contributed by atoms with Gasteiger partial charge in [-0.05, 0) is 29.4 Å². The number of rotatable bonds is 0. The van der Waals surface area contributed by atoms with Crippen molar-refractivity contribution in [3.8, 4) is 0 Å². The summed E-state index contributed by atoms with van der Waals surface area (Å²) in [6.45, 7) is 8.66. The van der Waals surface area contributed by atoms with Crippen molar-refractivity contribution in [1.82, 2.24) is 0 Å². The molecule has 0 unspecified atom stereocenters. The molecule has 0 N–H and O–H groups in total. The summed E-state index contributed by atoms with van der Waals surface area (Å²) >= 11 is 0. The van der Waals surface area contributed by atoms with E-state index in [1.54, 1.807) is 11.1 Å². The zero-order chi connectivity index (χ0) is 9.90. The van der Waals surface area contributed by atoms with Gasteiger partial charge in [0.15, 0.2) is 0 Å². The fraction of sp³-hybridized carbons (Fsp3) is 0.538. The zero-order valence-corrected chi connectivity index (χ0v) is 9.22. The standard InChI is InChI=1S/C11H14.C2H6/c1-11(2)8-7-9-5-3-4-6-10(9)11;1-2/h3-6H,7-8H2,1-2H3;1-2H3. The second-order valence-corrected chi connectivity index (χ2v) is 4.04. The van der Waals surface area contributed by atoms with Gasteiger partial charge in [-0.15, -0.1) is 0 Å². The van der Waals surface area contributed by atoms with E-state index in [4.69, 9.17) is 0 Å². The second kappa shape index (κ2) is 3.95. The molecule has 1 aliphatic rings. The van der Waals surface area contributed by atoms with Crippen LogP contribution < -0.4 is 0 Å². The normalized spacial score (nSPS) is 17.2. The fourth-order valence-electron chi connectivity index (χ4n) is 1.98. The molecular weight excluding hydrogens is 156 g/mol. The number of fused-ring (bicyclic) bond motifs is 1. The Morgan fingerprint density at radius 2 is 1.69 bits per heavy atom. The summed E-state index contributed by atoms with van der Waals surface area (Å²) in [5.41, 5.74) is 3.54. The van der Waals surface area contributed by atoms with Crippen LogP contribution in [-0.4, -0.2) is 0 Å². The zero-order valence-electron chi connectivity index (χ0n) is 9.22. The highest BCUT2D eigenvalue weighted by Crippen LogP contribution is 2.37. The molecule has 72 valence electrons. The van der Waals surface area contributed by atoms with Gasteiger partial charge in [-0.2, -0.15) is 0 Å². The molecule has 0 radical (unpaired) electrons. The molecule has 0 nitrogen and oxygen atoms in total. The first-order valence-electron chi connectivity index (χ1n) is 5.28. The van der Waals surface area contributed by atoms with E-state index in [9.17, 15) is 0 Å². The van der Waals surface area contributed by atoms with E-state index in [-0.39, 0.29) is 0 Å². The smallest absolute Gasteiger partial charge is 0.00977 e. The maximum Gasteiger partial charge on any atom is -0.00977 e. The minimum Gasteiger partial charge on any atom is -0.0683 e. The third-order valence-corrected chi connectivity index (χ3v) is 2.77. The Morgan fingerprint density at radius 1 is 1.08 bits per heavy atom. The van der Waals surface area contributed by atoms with Crippen LogP contribution in [0.3, 0.4) is 0 Å². The van der Waals surface area contributed by atoms with E-state index < -0.39 is 0 Å². The number of aryl methyl sites for hydroxylation is 1. The van der Waals surface area contributed by atoms with Gasteiger partial charge in [-0.3, -0.25) is 0 Å². The van der Waals surface area contributed by atoms with Gasteiger partial charge in [0.05, 0.1) is 0 Å². The molecule has 2 rings (SSSR count). The van der Waals surface area contributed by atoms with Crippen LogP contribution >= 0.6 is 0 Å². The Bertz CT molecular complexity index is 271. The lowest BCUT2D eigenvalue weighted by Crippen LogP contribution is -2.11. The SMILES string of the molecule is CC.CC1(C)CCc2ccccc21. The van der Waals surface area contributed by atoms with Crippen LogP contribution in [-0.2, 0) is 11.8 Å². The summed E-state index contributed by atoms with van der Waals surface area (Å²) in [4.78, 5) is 0. The minimum atomic E-state index is 0.427. The summed E-state index contributed by atoms with van der Waals surface area (Å²) in [5, 5.41) is 0. The van der Waals surface area contributed by atoms with Crippen molar-refractivity contribution in [1.29, 1.82) is 0 Å². The molecule has 0 bridgehead atoms. The second-order valence-electron chi connectivity index (χ2n) is 4.04. The topological polar surface area (TPSA) is 0 Å². The fourth-order valence-corrected chi connectivity index (χ4v) is 1.98. The first-order chi connectivity index (χ1) is 6.20. The Hall–Kier alpha value is -0.780. The van der Waals surface area contributed by atoms with Gasteiger partial charge in [-0.25, -0.2) is 0 Å². The Labute approximate surface area is 82.0 Å². The van der Waals surface area contributed by atoms with Crippen molar-refractivity contribution in [3.05, 3.63) is 35.4 Å². The van der Waals surface area contributed by atoms with E-state index >= 15 is 0 Å². The summed E-state index contributed by atoms with van der Waals surface area (Å²) in [5.74, 6) is 0. The third-order valence-electron chi connectivity index (χ3n) is 2.77. The van der Waals surface area contributed by atoms with Crippen LogP contribution in [0.25, 0.3) is 0 Å². The molecule has 0 saturated carbocycles. The summed E-state index contributed by atoms with van der Waals surface area (Å²) < 4.78 is 0. The molecule has 0 heteroatoms. The van der Waals surface area contributed by atoms with Crippen molar-refractivity contribution in [2.24, 2.45) is 0 Å². The average Bonchev–Trinajstić information content (AvgIpc) is 2.47. The van der Waals surface area contributed by atoms with Crippen molar-refractivity contribution in [2.75, 3.05) is 0 Å². The van der Waals surface area contributed by atoms with Crippen LogP contribution in [0, 0.1) is 0 Å². The van der Waals surface area contributed by atoms with E-state index in [1.807, 2.05) is 13.8 Å². The Kier molecular flexibility index (Phi) is 3.13. The average molecular weight is 176 g/mol. The number of hydrogen-bond donors (Lipinski definition) is 0. The largest absolute Gasteiger partial charge is 0.0683 e. The van der Waals surface area contributed by atoms with Crippen molar-refractivity contribution >= 4 is 0 Å². The van der Waals surface area contributed by atoms with Crippen molar-refractivity contribution in [3.63, 3.8) is 0 Å². The van der Waals surface area contributed by atoms with Crippen molar-refractivity contribution < 1.29 is 0 Å². The molecule has 0 saturated heterocycles. The summed E-state index contributed by atoms with van der Waals surface area (Å²) in [6, 6.07) is 8.80. The van der Waals surface area contributed by atoms with E-state index in [2.05, 4.69) is 38.1 Å². The molecule has 1 aromatic rings. The minimum absolute atomic E-state index is 0.427. The molecule has 0 aromatic heterocycles. The van der Waals surface area contributed by atoms with Crippen LogP contribution in [0.2, 0.25) is 0 Å². The highest BCUT2D eigenvalue weighted by Gasteiger charge is 2.28. The van der Waals surface area contributed by atoms with Crippen LogP contribution in [0.5, 0.6) is 0 Å². The lowest BCUT2D eigenvalue weighted by Gasteiger charge is -2.18. The quantitative estimate of drug-likeness (QED) is 0.561. The van der Waals surface area contributed by atoms with Gasteiger partial charge in [0.25, 0.3) is 0 Å². The van der Waals surface area contributed by atoms with Crippen LogP contribution in [0.1, 0.15) is 45.2 Å². The predicted molar refractivity (Wildman–Crippen MR) is 59.1 cm³/mol. The molecule has 0 atom stereocenters. The highest BCUT2D eigenvalue weighted by atomic mass is 14.3. The lowest BCUT2D eigenvalue weighted by atomic mass is 9.87. The summed E-state index contributed by atoms with van der Waals surface area (Å²) in [7, 11) is 0. The van der Waals surface area contributed by atoms with E-state index in [1.165, 1.54) is 12.8 Å². The first-order valence-corrected chi connectivity index (χ1v) is 5.28. The van der Waals surface area contributed by atoms with E-state index in [0.717, 1.165) is 0 Å².